The molecule has 0 amide bonds. The number of carbonyl (C=O) groups excluding carboxylic acids is 1. The molecule has 1 aliphatic rings. The summed E-state index contributed by atoms with van der Waals surface area (Å²) in [4.78, 5) is 10.6. The van der Waals surface area contributed by atoms with E-state index >= 15 is 0 Å². The molecule has 1 fully saturated rings. The van der Waals surface area contributed by atoms with Gasteiger partial charge in [0.2, 0.25) is 0 Å². The minimum atomic E-state index is -1.57. The highest BCUT2D eigenvalue weighted by molar-refractivity contribution is 5.90. The van der Waals surface area contributed by atoms with E-state index in [0.29, 0.717) is 12.8 Å². The summed E-state index contributed by atoms with van der Waals surface area (Å²) < 4.78 is 13.3. The van der Waals surface area contributed by atoms with Gasteiger partial charge in [0.25, 0.3) is 0 Å². The molecule has 1 rings (SSSR count). The second-order valence-electron chi connectivity index (χ2n) is 2.95. The Bertz CT molecular complexity index is 136. The average Bonchev–Trinajstić information content (AvgIpc) is 1.89. The fourth-order valence-electron chi connectivity index (χ4n) is 1.39. The lowest BCUT2D eigenvalue weighted by Crippen LogP contribution is -2.34. The van der Waals surface area contributed by atoms with E-state index in [1.807, 2.05) is 0 Å². The van der Waals surface area contributed by atoms with Crippen LogP contribution >= 0.6 is 0 Å². The number of ketones is 1. The molecule has 57 valence electrons. The van der Waals surface area contributed by atoms with Crippen molar-refractivity contribution < 1.29 is 9.18 Å². The summed E-state index contributed by atoms with van der Waals surface area (Å²) >= 11 is 0. The molecule has 1 aliphatic carbocycles. The molecule has 0 atom stereocenters. The minimum absolute atomic E-state index is 0.384. The Balaban J connectivity index is 2.56. The molecule has 0 spiro atoms. The fraction of sp³-hybridized carbons (Fsp3) is 0.750. The smallest absolute Gasteiger partial charge is 0.170 e. The molecule has 0 aromatic carbocycles. The van der Waals surface area contributed by atoms with Gasteiger partial charge in [0.15, 0.2) is 11.5 Å². The summed E-state index contributed by atoms with van der Waals surface area (Å²) in [5.74, 6) is -0.535. The van der Waals surface area contributed by atoms with Crippen molar-refractivity contribution in [2.75, 3.05) is 0 Å². The zero-order chi connectivity index (χ0) is 7.61. The fourth-order valence-corrected chi connectivity index (χ4v) is 1.39. The van der Waals surface area contributed by atoms with Crippen molar-refractivity contribution in [1.29, 1.82) is 0 Å². The Morgan fingerprint density at radius 1 is 1.30 bits per heavy atom. The first-order chi connectivity index (χ1) is 4.65. The third-order valence-electron chi connectivity index (χ3n) is 2.15. The number of hydrogen-bond donors (Lipinski definition) is 0. The summed E-state index contributed by atoms with van der Waals surface area (Å²) in [5.41, 5.74) is -1.57. The summed E-state index contributed by atoms with van der Waals surface area (Å²) in [7, 11) is 0. The van der Waals surface area contributed by atoms with E-state index in [1.165, 1.54) is 0 Å². The van der Waals surface area contributed by atoms with Crippen molar-refractivity contribution in [2.24, 2.45) is 0 Å². The Morgan fingerprint density at radius 2 is 1.80 bits per heavy atom. The zero-order valence-electron chi connectivity index (χ0n) is 6.03. The quantitative estimate of drug-likeness (QED) is 0.549. The Hall–Kier alpha value is -0.400. The molecule has 0 aliphatic heterocycles. The van der Waals surface area contributed by atoms with Crippen LogP contribution < -0.4 is 0 Å². The molecular formula is C8H12FO. The number of carbonyl (C=O) groups is 1. The van der Waals surface area contributed by atoms with Crippen LogP contribution in [0.25, 0.3) is 0 Å². The van der Waals surface area contributed by atoms with E-state index in [0.717, 1.165) is 19.3 Å². The third-order valence-corrected chi connectivity index (χ3v) is 2.15. The first-order valence-corrected chi connectivity index (χ1v) is 3.70. The molecule has 0 unspecified atom stereocenters. The molecule has 1 saturated carbocycles. The SMILES string of the molecule is [CH2]C(=O)C1(F)CCCCC1. The topological polar surface area (TPSA) is 17.1 Å². The average molecular weight is 143 g/mol. The van der Waals surface area contributed by atoms with E-state index in [2.05, 4.69) is 6.92 Å². The second-order valence-corrected chi connectivity index (χ2v) is 2.95. The highest BCUT2D eigenvalue weighted by Crippen LogP contribution is 2.32. The predicted octanol–water partition coefficient (Wildman–Crippen LogP) is 2.06. The molecular weight excluding hydrogens is 131 g/mol. The maximum atomic E-state index is 13.3. The normalized spacial score (nSPS) is 24.2. The van der Waals surface area contributed by atoms with Gasteiger partial charge in [-0.2, -0.15) is 0 Å². The van der Waals surface area contributed by atoms with Crippen LogP contribution in [0.15, 0.2) is 0 Å². The molecule has 10 heavy (non-hydrogen) atoms. The lowest BCUT2D eigenvalue weighted by Gasteiger charge is -2.26. The number of Topliss-reactive ketones (excluding diaryl/α,β-unsaturated/α-hetero) is 1. The van der Waals surface area contributed by atoms with Crippen molar-refractivity contribution in [3.63, 3.8) is 0 Å². The van der Waals surface area contributed by atoms with Gasteiger partial charge >= 0.3 is 0 Å². The van der Waals surface area contributed by atoms with Gasteiger partial charge in [-0.1, -0.05) is 6.42 Å². The minimum Gasteiger partial charge on any atom is -0.296 e. The van der Waals surface area contributed by atoms with Gasteiger partial charge in [-0.15, -0.1) is 0 Å². The largest absolute Gasteiger partial charge is 0.296 e. The number of hydrogen-bond acceptors (Lipinski definition) is 1. The van der Waals surface area contributed by atoms with Crippen LogP contribution in [0.5, 0.6) is 0 Å². The van der Waals surface area contributed by atoms with E-state index in [4.69, 9.17) is 0 Å². The molecule has 1 nitrogen and oxygen atoms in total. The molecule has 0 bridgehead atoms. The number of alkyl halides is 1. The van der Waals surface area contributed by atoms with Crippen LogP contribution in [0.4, 0.5) is 4.39 Å². The van der Waals surface area contributed by atoms with Gasteiger partial charge in [-0.25, -0.2) is 4.39 Å². The number of rotatable bonds is 1. The third kappa shape index (κ3) is 1.36. The highest BCUT2D eigenvalue weighted by Gasteiger charge is 2.36. The lowest BCUT2D eigenvalue weighted by molar-refractivity contribution is -0.127. The standard InChI is InChI=1S/C8H12FO/c1-7(10)8(9)5-3-2-4-6-8/h1-6H2. The van der Waals surface area contributed by atoms with Crippen molar-refractivity contribution in [3.05, 3.63) is 6.92 Å². The summed E-state index contributed by atoms with van der Waals surface area (Å²) in [5, 5.41) is 0. The maximum absolute atomic E-state index is 13.3. The summed E-state index contributed by atoms with van der Waals surface area (Å²) in [6.45, 7) is 3.12. The van der Waals surface area contributed by atoms with Crippen LogP contribution in [-0.2, 0) is 4.79 Å². The Kier molecular flexibility index (Phi) is 2.07. The van der Waals surface area contributed by atoms with Crippen LogP contribution in [-0.4, -0.2) is 11.5 Å². The highest BCUT2D eigenvalue weighted by atomic mass is 19.1. The predicted molar refractivity (Wildman–Crippen MR) is 37.3 cm³/mol. The van der Waals surface area contributed by atoms with Crippen LogP contribution in [0, 0.1) is 6.92 Å². The van der Waals surface area contributed by atoms with E-state index in [1.54, 1.807) is 0 Å². The first kappa shape index (κ1) is 7.70. The van der Waals surface area contributed by atoms with E-state index in [9.17, 15) is 9.18 Å². The van der Waals surface area contributed by atoms with Gasteiger partial charge in [-0.3, -0.25) is 4.79 Å². The van der Waals surface area contributed by atoms with E-state index < -0.39 is 11.5 Å². The monoisotopic (exact) mass is 143 g/mol. The van der Waals surface area contributed by atoms with Crippen LogP contribution in [0.1, 0.15) is 32.1 Å². The van der Waals surface area contributed by atoms with Gasteiger partial charge in [-0.05, 0) is 25.7 Å². The number of halogens is 1. The molecule has 0 N–H and O–H groups in total. The van der Waals surface area contributed by atoms with Crippen molar-refractivity contribution in [2.45, 2.75) is 37.8 Å². The lowest BCUT2D eigenvalue weighted by atomic mass is 9.84. The van der Waals surface area contributed by atoms with Crippen LogP contribution in [0.3, 0.4) is 0 Å². The molecule has 0 heterocycles. The van der Waals surface area contributed by atoms with Gasteiger partial charge < -0.3 is 0 Å². The molecule has 0 aromatic heterocycles. The maximum Gasteiger partial charge on any atom is 0.170 e. The summed E-state index contributed by atoms with van der Waals surface area (Å²) in [6.07, 6.45) is 3.49. The molecule has 0 saturated heterocycles. The second kappa shape index (κ2) is 2.69. The van der Waals surface area contributed by atoms with Crippen molar-refractivity contribution >= 4 is 5.78 Å². The molecule has 1 radical (unpaired) electrons. The zero-order valence-corrected chi connectivity index (χ0v) is 6.03. The van der Waals surface area contributed by atoms with Gasteiger partial charge in [0.1, 0.15) is 0 Å². The Labute approximate surface area is 60.6 Å². The van der Waals surface area contributed by atoms with Crippen molar-refractivity contribution in [3.8, 4) is 0 Å². The Morgan fingerprint density at radius 3 is 2.10 bits per heavy atom. The van der Waals surface area contributed by atoms with Gasteiger partial charge in [0, 0.05) is 6.92 Å². The van der Waals surface area contributed by atoms with Gasteiger partial charge in [0.05, 0.1) is 0 Å². The van der Waals surface area contributed by atoms with Crippen molar-refractivity contribution in [1.82, 2.24) is 0 Å². The first-order valence-electron chi connectivity index (χ1n) is 3.70. The molecule has 2 heteroatoms. The summed E-state index contributed by atoms with van der Waals surface area (Å²) in [6, 6.07) is 0. The molecule has 0 aromatic rings. The van der Waals surface area contributed by atoms with E-state index in [-0.39, 0.29) is 0 Å². The van der Waals surface area contributed by atoms with Crippen LogP contribution in [0.2, 0.25) is 0 Å².